The van der Waals surface area contributed by atoms with Crippen LogP contribution >= 0.6 is 46.4 Å². The molecule has 42 heavy (non-hydrogen) atoms. The summed E-state index contributed by atoms with van der Waals surface area (Å²) in [6.45, 7) is -0.677. The Kier molecular flexibility index (Phi) is 8.34. The van der Waals surface area contributed by atoms with Gasteiger partial charge in [0, 0.05) is 16.1 Å². The van der Waals surface area contributed by atoms with Crippen LogP contribution in [0.25, 0.3) is 0 Å². The molecule has 5 rings (SSSR count). The van der Waals surface area contributed by atoms with Crippen LogP contribution < -0.4 is 4.74 Å². The average molecular weight is 642 g/mol. The van der Waals surface area contributed by atoms with E-state index in [-0.39, 0.29) is 48.6 Å². The molecule has 12 heteroatoms. The molecule has 4 aromatic rings. The molecule has 0 aromatic heterocycles. The highest BCUT2D eigenvalue weighted by atomic mass is 35.5. The van der Waals surface area contributed by atoms with Crippen molar-refractivity contribution in [3.05, 3.63) is 133 Å². The molecule has 1 aliphatic rings. The molecular weight excluding hydrogens is 626 g/mol. The van der Waals surface area contributed by atoms with E-state index in [0.29, 0.717) is 10.0 Å². The van der Waals surface area contributed by atoms with Crippen LogP contribution in [-0.4, -0.2) is 46.0 Å². The molecule has 4 aromatic carbocycles. The number of nitrogens with zero attached hydrogens (tertiary/aromatic N) is 2. The van der Waals surface area contributed by atoms with Gasteiger partial charge in [-0.25, -0.2) is 9.80 Å². The molecule has 0 radical (unpaired) electrons. The van der Waals surface area contributed by atoms with Crippen LogP contribution in [0.4, 0.5) is 0 Å². The Labute approximate surface area is 258 Å². The fraction of sp³-hybridized carbons (Fsp3) is 0.0333. The quantitative estimate of drug-likeness (QED) is 0.0927. The second-order valence-electron chi connectivity index (χ2n) is 8.92. The van der Waals surface area contributed by atoms with Crippen molar-refractivity contribution in [1.82, 2.24) is 10.0 Å². The number of hydrazine groups is 1. The molecule has 0 saturated carbocycles. The lowest BCUT2D eigenvalue weighted by Crippen LogP contribution is -2.51. The normalized spacial score (nSPS) is 12.2. The van der Waals surface area contributed by atoms with Crippen LogP contribution in [-0.2, 0) is 0 Å². The topological polar surface area (TPSA) is 101 Å². The van der Waals surface area contributed by atoms with E-state index in [9.17, 15) is 24.0 Å². The molecule has 210 valence electrons. The summed E-state index contributed by atoms with van der Waals surface area (Å²) in [7, 11) is 0. The Morgan fingerprint density at radius 3 is 1.90 bits per heavy atom. The largest absolute Gasteiger partial charge is 0.423 e. The highest BCUT2D eigenvalue weighted by Crippen LogP contribution is 2.28. The van der Waals surface area contributed by atoms with Crippen LogP contribution in [0.3, 0.4) is 0 Å². The molecule has 1 heterocycles. The van der Waals surface area contributed by atoms with Crippen LogP contribution in [0, 0.1) is 0 Å². The molecule has 0 bridgehead atoms. The lowest BCUT2D eigenvalue weighted by atomic mass is 10.1. The number of amides is 3. The van der Waals surface area contributed by atoms with E-state index in [4.69, 9.17) is 51.1 Å². The SMILES string of the molecule is O=C(CN(C(=O)c1ccc(Cl)c(Cl)c1)N1C(=O)c2ccccc2C1=O)c1ccc(OC(=O)c2ccc(Cl)cc2Cl)cc1. The van der Waals surface area contributed by atoms with Crippen molar-refractivity contribution in [3.63, 3.8) is 0 Å². The molecule has 0 spiro atoms. The summed E-state index contributed by atoms with van der Waals surface area (Å²) < 4.78 is 5.34. The molecule has 8 nitrogen and oxygen atoms in total. The van der Waals surface area contributed by atoms with E-state index >= 15 is 0 Å². The molecule has 1 aliphatic heterocycles. The van der Waals surface area contributed by atoms with E-state index in [0.717, 1.165) is 5.01 Å². The van der Waals surface area contributed by atoms with Gasteiger partial charge in [0.1, 0.15) is 12.3 Å². The van der Waals surface area contributed by atoms with Gasteiger partial charge in [-0.05, 0) is 72.8 Å². The number of imide groups is 1. The number of rotatable bonds is 7. The van der Waals surface area contributed by atoms with Gasteiger partial charge in [0.15, 0.2) is 5.78 Å². The van der Waals surface area contributed by atoms with Gasteiger partial charge in [-0.1, -0.05) is 58.5 Å². The number of fused-ring (bicyclic) bond motifs is 1. The third-order valence-electron chi connectivity index (χ3n) is 6.25. The van der Waals surface area contributed by atoms with Gasteiger partial charge in [0.2, 0.25) is 0 Å². The third kappa shape index (κ3) is 5.75. The highest BCUT2D eigenvalue weighted by molar-refractivity contribution is 6.42. The number of carbonyl (C=O) groups excluding carboxylic acids is 5. The fourth-order valence-corrected chi connectivity index (χ4v) is 4.94. The van der Waals surface area contributed by atoms with Crippen LogP contribution in [0.5, 0.6) is 5.75 Å². The smallest absolute Gasteiger partial charge is 0.345 e. The summed E-state index contributed by atoms with van der Waals surface area (Å²) >= 11 is 24.0. The minimum Gasteiger partial charge on any atom is -0.423 e. The first-order valence-corrected chi connectivity index (χ1v) is 13.6. The van der Waals surface area contributed by atoms with Crippen molar-refractivity contribution in [2.45, 2.75) is 0 Å². The Morgan fingerprint density at radius 2 is 1.31 bits per heavy atom. The van der Waals surface area contributed by atoms with E-state index in [1.165, 1.54) is 72.8 Å². The summed E-state index contributed by atoms with van der Waals surface area (Å²) in [4.78, 5) is 65.9. The van der Waals surface area contributed by atoms with Gasteiger partial charge in [0.05, 0.1) is 31.8 Å². The molecule has 0 saturated heterocycles. The summed E-state index contributed by atoms with van der Waals surface area (Å²) in [6.07, 6.45) is 0. The van der Waals surface area contributed by atoms with Crippen molar-refractivity contribution in [2.24, 2.45) is 0 Å². The number of esters is 1. The van der Waals surface area contributed by atoms with Gasteiger partial charge < -0.3 is 4.74 Å². The Hall–Kier alpha value is -4.21. The Morgan fingerprint density at radius 1 is 0.690 bits per heavy atom. The number of ketones is 1. The number of carbonyl (C=O) groups is 5. The van der Waals surface area contributed by atoms with Crippen LogP contribution in [0.2, 0.25) is 20.1 Å². The van der Waals surface area contributed by atoms with Gasteiger partial charge in [-0.3, -0.25) is 19.2 Å². The number of ether oxygens (including phenoxy) is 1. The summed E-state index contributed by atoms with van der Waals surface area (Å²) in [5.74, 6) is -3.59. The predicted molar refractivity (Wildman–Crippen MR) is 157 cm³/mol. The maximum Gasteiger partial charge on any atom is 0.345 e. The average Bonchev–Trinajstić information content (AvgIpc) is 3.22. The highest BCUT2D eigenvalue weighted by Gasteiger charge is 2.42. The zero-order chi connectivity index (χ0) is 30.1. The van der Waals surface area contributed by atoms with Crippen LogP contribution in [0.15, 0.2) is 84.9 Å². The lowest BCUT2D eigenvalue weighted by molar-refractivity contribution is 0.00531. The number of hydrogen-bond donors (Lipinski definition) is 0. The first-order chi connectivity index (χ1) is 20.0. The van der Waals surface area contributed by atoms with E-state index in [2.05, 4.69) is 0 Å². The van der Waals surface area contributed by atoms with Gasteiger partial charge in [-0.15, -0.1) is 0 Å². The minimum absolute atomic E-state index is 0.00289. The third-order valence-corrected chi connectivity index (χ3v) is 7.53. The number of Topliss-reactive ketones (excluding diaryl/α,β-unsaturated/α-hetero) is 1. The fourth-order valence-electron chi connectivity index (χ4n) is 4.16. The first-order valence-electron chi connectivity index (χ1n) is 12.1. The molecule has 3 amide bonds. The maximum atomic E-state index is 13.6. The van der Waals surface area contributed by atoms with Crippen LogP contribution in [0.1, 0.15) is 51.8 Å². The van der Waals surface area contributed by atoms with E-state index in [1.807, 2.05) is 0 Å². The number of benzene rings is 4. The van der Waals surface area contributed by atoms with E-state index < -0.39 is 36.0 Å². The zero-order valence-corrected chi connectivity index (χ0v) is 24.2. The summed E-state index contributed by atoms with van der Waals surface area (Å²) in [6, 6.07) is 19.9. The minimum atomic E-state index is -0.832. The summed E-state index contributed by atoms with van der Waals surface area (Å²) in [5.41, 5.74) is 0.390. The standard InChI is InChI=1S/C30H16Cl4N2O6/c31-18-8-11-22(24(33)14-18)30(41)42-19-9-5-16(6-10-19)26(37)15-35(27(38)17-7-12-23(32)25(34)13-17)36-28(39)20-3-1-2-4-21(20)29(36)40/h1-14H,15H2. The molecule has 0 atom stereocenters. The first kappa shape index (κ1) is 29.3. The molecule has 0 aliphatic carbocycles. The molecule has 0 fully saturated rings. The van der Waals surface area contributed by atoms with Crippen molar-refractivity contribution in [3.8, 4) is 5.75 Å². The second kappa shape index (κ2) is 12.0. The Bertz CT molecular complexity index is 1760. The van der Waals surface area contributed by atoms with Gasteiger partial charge in [0.25, 0.3) is 17.7 Å². The summed E-state index contributed by atoms with van der Waals surface area (Å²) in [5, 5.41) is 2.13. The predicted octanol–water partition coefficient (Wildman–Crippen LogP) is 7.06. The number of halogens is 4. The monoisotopic (exact) mass is 640 g/mol. The van der Waals surface area contributed by atoms with Crippen molar-refractivity contribution < 1.29 is 28.7 Å². The number of hydrogen-bond acceptors (Lipinski definition) is 6. The lowest BCUT2D eigenvalue weighted by Gasteiger charge is -2.29. The maximum absolute atomic E-state index is 13.6. The van der Waals surface area contributed by atoms with E-state index in [1.54, 1.807) is 12.1 Å². The molecule has 0 N–H and O–H groups in total. The molecule has 0 unspecified atom stereocenters. The zero-order valence-electron chi connectivity index (χ0n) is 21.1. The van der Waals surface area contributed by atoms with Gasteiger partial charge >= 0.3 is 5.97 Å². The Balaban J connectivity index is 1.40. The van der Waals surface area contributed by atoms with Crippen molar-refractivity contribution in [2.75, 3.05) is 6.54 Å². The van der Waals surface area contributed by atoms with Crippen molar-refractivity contribution in [1.29, 1.82) is 0 Å². The second-order valence-corrected chi connectivity index (χ2v) is 10.6. The van der Waals surface area contributed by atoms with Gasteiger partial charge in [-0.2, -0.15) is 5.01 Å². The van der Waals surface area contributed by atoms with Crippen molar-refractivity contribution >= 4 is 75.9 Å². The molecular formula is C30H16Cl4N2O6.